The second-order valence-electron chi connectivity index (χ2n) is 4.07. The van der Waals surface area contributed by atoms with E-state index in [0.717, 1.165) is 12.2 Å². The molecule has 2 aromatic rings. The standard InChI is InChI=1S/C15H17OP/c1-3-13-6-10-15(11-7-13)17-16-14-8-4-12(2)5-9-14/h4-11,17H,3H2,1-2H3. The molecule has 17 heavy (non-hydrogen) atoms. The van der Waals surface area contributed by atoms with Gasteiger partial charge in [0, 0.05) is 5.30 Å². The predicted molar refractivity (Wildman–Crippen MR) is 75.6 cm³/mol. The van der Waals surface area contributed by atoms with Gasteiger partial charge in [-0.25, -0.2) is 0 Å². The van der Waals surface area contributed by atoms with Crippen LogP contribution in [0, 0.1) is 6.92 Å². The van der Waals surface area contributed by atoms with Gasteiger partial charge in [0.1, 0.15) is 14.6 Å². The highest BCUT2D eigenvalue weighted by atomic mass is 31.1. The number of hydrogen-bond acceptors (Lipinski definition) is 1. The van der Waals surface area contributed by atoms with Crippen molar-refractivity contribution in [1.82, 2.24) is 0 Å². The predicted octanol–water partition coefficient (Wildman–Crippen LogP) is 3.86. The third kappa shape index (κ3) is 3.57. The summed E-state index contributed by atoms with van der Waals surface area (Å²) in [4.78, 5) is 0. The van der Waals surface area contributed by atoms with Gasteiger partial charge in [0.25, 0.3) is 0 Å². The van der Waals surface area contributed by atoms with Gasteiger partial charge < -0.3 is 4.52 Å². The smallest absolute Gasteiger partial charge is 0.123 e. The second kappa shape index (κ2) is 5.84. The van der Waals surface area contributed by atoms with Crippen molar-refractivity contribution in [3.8, 4) is 5.75 Å². The SMILES string of the molecule is CCc1ccc(POc2ccc(C)cc2)cc1. The molecule has 1 atom stereocenters. The lowest BCUT2D eigenvalue weighted by molar-refractivity contribution is 0.638. The fourth-order valence-electron chi connectivity index (χ4n) is 1.53. The molecule has 0 spiro atoms. The molecular formula is C15H17OP. The first-order valence-corrected chi connectivity index (χ1v) is 6.77. The van der Waals surface area contributed by atoms with Crippen molar-refractivity contribution in [2.24, 2.45) is 0 Å². The molecule has 0 aromatic heterocycles. The van der Waals surface area contributed by atoms with E-state index in [9.17, 15) is 0 Å². The van der Waals surface area contributed by atoms with Crippen molar-refractivity contribution >= 4 is 14.1 Å². The first-order valence-electron chi connectivity index (χ1n) is 5.86. The number of rotatable bonds is 4. The number of hydrogen-bond donors (Lipinski definition) is 0. The van der Waals surface area contributed by atoms with Gasteiger partial charge in [0.05, 0.1) is 0 Å². The molecule has 0 heterocycles. The second-order valence-corrected chi connectivity index (χ2v) is 5.05. The molecule has 0 aliphatic rings. The summed E-state index contributed by atoms with van der Waals surface area (Å²) in [5, 5.41) is 1.24. The monoisotopic (exact) mass is 244 g/mol. The molecule has 0 fully saturated rings. The lowest BCUT2D eigenvalue weighted by Crippen LogP contribution is -1.96. The maximum atomic E-state index is 5.75. The van der Waals surface area contributed by atoms with Gasteiger partial charge in [0.2, 0.25) is 0 Å². The Bertz CT molecular complexity index is 459. The van der Waals surface area contributed by atoms with Crippen LogP contribution in [0.1, 0.15) is 18.1 Å². The van der Waals surface area contributed by atoms with E-state index >= 15 is 0 Å². The van der Waals surface area contributed by atoms with Crippen LogP contribution in [0.15, 0.2) is 48.5 Å². The third-order valence-corrected chi connectivity index (χ3v) is 3.58. The Balaban J connectivity index is 1.95. The van der Waals surface area contributed by atoms with Crippen LogP contribution in [0.2, 0.25) is 0 Å². The molecule has 2 aromatic carbocycles. The summed E-state index contributed by atoms with van der Waals surface area (Å²) in [7, 11) is 0.376. The maximum absolute atomic E-state index is 5.75. The van der Waals surface area contributed by atoms with E-state index in [0.29, 0.717) is 8.81 Å². The van der Waals surface area contributed by atoms with E-state index in [2.05, 4.69) is 50.2 Å². The lowest BCUT2D eigenvalue weighted by atomic mass is 10.2. The number of benzene rings is 2. The summed E-state index contributed by atoms with van der Waals surface area (Å²) in [5.41, 5.74) is 2.63. The van der Waals surface area contributed by atoms with Gasteiger partial charge in [-0.15, -0.1) is 0 Å². The van der Waals surface area contributed by atoms with E-state index in [1.54, 1.807) is 0 Å². The zero-order valence-corrected chi connectivity index (χ0v) is 11.2. The Kier molecular flexibility index (Phi) is 4.17. The zero-order valence-electron chi connectivity index (χ0n) is 10.2. The molecule has 0 saturated heterocycles. The quantitative estimate of drug-likeness (QED) is 0.742. The van der Waals surface area contributed by atoms with Crippen LogP contribution in [0.3, 0.4) is 0 Å². The molecule has 2 rings (SSSR count). The molecule has 88 valence electrons. The first kappa shape index (κ1) is 12.1. The van der Waals surface area contributed by atoms with Crippen LogP contribution in [0.4, 0.5) is 0 Å². The lowest BCUT2D eigenvalue weighted by Gasteiger charge is -2.06. The van der Waals surface area contributed by atoms with Crippen molar-refractivity contribution in [2.75, 3.05) is 0 Å². The third-order valence-electron chi connectivity index (χ3n) is 2.67. The van der Waals surface area contributed by atoms with Crippen LogP contribution < -0.4 is 9.83 Å². The van der Waals surface area contributed by atoms with Gasteiger partial charge >= 0.3 is 0 Å². The summed E-state index contributed by atoms with van der Waals surface area (Å²) < 4.78 is 5.75. The largest absolute Gasteiger partial charge is 0.472 e. The molecule has 0 amide bonds. The average molecular weight is 244 g/mol. The number of aryl methyl sites for hydroxylation is 2. The Hall–Kier alpha value is -1.33. The maximum Gasteiger partial charge on any atom is 0.123 e. The minimum absolute atomic E-state index is 0.376. The van der Waals surface area contributed by atoms with Crippen LogP contribution in [0.5, 0.6) is 5.75 Å². The van der Waals surface area contributed by atoms with Crippen LogP contribution in [0.25, 0.3) is 0 Å². The Morgan fingerprint density at radius 2 is 1.59 bits per heavy atom. The highest BCUT2D eigenvalue weighted by molar-refractivity contribution is 7.42. The molecule has 2 heteroatoms. The molecular weight excluding hydrogens is 227 g/mol. The van der Waals surface area contributed by atoms with Crippen LogP contribution >= 0.6 is 8.81 Å². The molecule has 1 nitrogen and oxygen atoms in total. The topological polar surface area (TPSA) is 9.23 Å². The van der Waals surface area contributed by atoms with Gasteiger partial charge in [-0.05, 0) is 31.0 Å². The van der Waals surface area contributed by atoms with Crippen LogP contribution in [-0.4, -0.2) is 0 Å². The van der Waals surface area contributed by atoms with Crippen molar-refractivity contribution < 1.29 is 4.52 Å². The molecule has 0 saturated carbocycles. The Morgan fingerprint density at radius 1 is 0.941 bits per heavy atom. The minimum Gasteiger partial charge on any atom is -0.472 e. The van der Waals surface area contributed by atoms with Gasteiger partial charge in [-0.2, -0.15) is 0 Å². The normalized spacial score (nSPS) is 10.9. The fraction of sp³-hybridized carbons (Fsp3) is 0.200. The van der Waals surface area contributed by atoms with Gasteiger partial charge in [-0.3, -0.25) is 0 Å². The zero-order chi connectivity index (χ0) is 12.1. The first-order chi connectivity index (χ1) is 8.28. The van der Waals surface area contributed by atoms with E-state index in [-0.39, 0.29) is 0 Å². The minimum atomic E-state index is 0.376. The van der Waals surface area contributed by atoms with Crippen LogP contribution in [-0.2, 0) is 6.42 Å². The highest BCUT2D eigenvalue weighted by Crippen LogP contribution is 2.20. The molecule has 0 aliphatic carbocycles. The highest BCUT2D eigenvalue weighted by Gasteiger charge is 1.96. The Labute approximate surface area is 105 Å². The van der Waals surface area contributed by atoms with Gasteiger partial charge in [0.15, 0.2) is 0 Å². The van der Waals surface area contributed by atoms with E-state index in [4.69, 9.17) is 4.52 Å². The van der Waals surface area contributed by atoms with Crippen molar-refractivity contribution in [2.45, 2.75) is 20.3 Å². The molecule has 0 radical (unpaired) electrons. The van der Waals surface area contributed by atoms with Crippen molar-refractivity contribution in [3.05, 3.63) is 59.7 Å². The van der Waals surface area contributed by atoms with E-state index < -0.39 is 0 Å². The fourth-order valence-corrected chi connectivity index (χ4v) is 2.21. The molecule has 1 unspecified atom stereocenters. The molecule has 0 bridgehead atoms. The summed E-state index contributed by atoms with van der Waals surface area (Å²) in [6.45, 7) is 4.25. The summed E-state index contributed by atoms with van der Waals surface area (Å²) >= 11 is 0. The van der Waals surface area contributed by atoms with E-state index in [1.165, 1.54) is 16.4 Å². The molecule has 0 N–H and O–H groups in total. The summed E-state index contributed by atoms with van der Waals surface area (Å²) in [6, 6.07) is 16.8. The summed E-state index contributed by atoms with van der Waals surface area (Å²) in [5.74, 6) is 0.938. The molecule has 0 aliphatic heterocycles. The van der Waals surface area contributed by atoms with Crippen molar-refractivity contribution in [3.63, 3.8) is 0 Å². The summed E-state index contributed by atoms with van der Waals surface area (Å²) in [6.07, 6.45) is 1.09. The average Bonchev–Trinajstić information content (AvgIpc) is 2.39. The Morgan fingerprint density at radius 3 is 2.18 bits per heavy atom. The van der Waals surface area contributed by atoms with Crippen molar-refractivity contribution in [1.29, 1.82) is 0 Å². The van der Waals surface area contributed by atoms with E-state index in [1.807, 2.05) is 12.1 Å². The van der Waals surface area contributed by atoms with Gasteiger partial charge in [-0.1, -0.05) is 48.9 Å².